The molecule has 218 valence electrons. The fraction of sp³-hybridized carbons (Fsp3) is 0.375. The molecule has 0 radical (unpaired) electrons. The first kappa shape index (κ1) is 30.6. The monoisotopic (exact) mass is 595 g/mol. The Labute approximate surface area is 248 Å². The van der Waals surface area contributed by atoms with Crippen LogP contribution in [0.4, 0.5) is 5.69 Å². The van der Waals surface area contributed by atoms with E-state index in [-0.39, 0.29) is 23.4 Å². The molecule has 3 aromatic rings. The molecule has 1 saturated carbocycles. The van der Waals surface area contributed by atoms with Gasteiger partial charge in [-0.25, -0.2) is 8.42 Å². The lowest BCUT2D eigenvalue weighted by atomic mass is 10.1. The summed E-state index contributed by atoms with van der Waals surface area (Å²) >= 11 is 6.03. The fourth-order valence-electron chi connectivity index (χ4n) is 5.30. The van der Waals surface area contributed by atoms with Gasteiger partial charge in [0.05, 0.1) is 10.6 Å². The highest BCUT2D eigenvalue weighted by Gasteiger charge is 2.34. The number of aryl methyl sites for hydroxylation is 2. The van der Waals surface area contributed by atoms with E-state index in [4.69, 9.17) is 11.6 Å². The lowest BCUT2D eigenvalue weighted by Gasteiger charge is -2.34. The maximum Gasteiger partial charge on any atom is 0.264 e. The number of rotatable bonds is 11. The number of anilines is 1. The van der Waals surface area contributed by atoms with Crippen molar-refractivity contribution in [1.29, 1.82) is 0 Å². The summed E-state index contributed by atoms with van der Waals surface area (Å²) in [6.07, 6.45) is 4.39. The van der Waals surface area contributed by atoms with E-state index < -0.39 is 28.5 Å². The third-order valence-corrected chi connectivity index (χ3v) is 9.70. The Morgan fingerprint density at radius 2 is 1.66 bits per heavy atom. The maximum atomic E-state index is 14.2. The second-order valence-electron chi connectivity index (χ2n) is 10.7. The summed E-state index contributed by atoms with van der Waals surface area (Å²) in [6.45, 7) is 5.42. The van der Waals surface area contributed by atoms with E-state index in [1.807, 2.05) is 51.1 Å². The summed E-state index contributed by atoms with van der Waals surface area (Å²) in [7, 11) is -4.14. The van der Waals surface area contributed by atoms with Gasteiger partial charge in [0.2, 0.25) is 11.8 Å². The van der Waals surface area contributed by atoms with Gasteiger partial charge in [-0.3, -0.25) is 13.9 Å². The molecular formula is C32H38ClN3O4S. The normalized spacial score (nSPS) is 14.4. The number of halogens is 1. The number of nitrogens with zero attached hydrogens (tertiary/aromatic N) is 2. The quantitative estimate of drug-likeness (QED) is 0.294. The van der Waals surface area contributed by atoms with Gasteiger partial charge in [-0.15, -0.1) is 0 Å². The van der Waals surface area contributed by atoms with Crippen molar-refractivity contribution in [3.05, 3.63) is 94.5 Å². The van der Waals surface area contributed by atoms with Crippen LogP contribution >= 0.6 is 11.6 Å². The number of hydrogen-bond donors (Lipinski definition) is 1. The van der Waals surface area contributed by atoms with Crippen LogP contribution < -0.4 is 9.62 Å². The van der Waals surface area contributed by atoms with Crippen LogP contribution in [0.3, 0.4) is 0 Å². The standard InChI is InChI=1S/C32H38ClN3O4S/c1-4-30(32(38)34-27-13-7-8-14-27)35(21-25-12-6-5-11-24(25)3)31(37)22-36(28-15-9-10-23(2)20-28)41(39,40)29-18-16-26(33)17-19-29/h5-6,9-12,15-20,27,30H,4,7-8,13-14,21-22H2,1-3H3,(H,34,38)/t30-/m0/s1. The Hall–Kier alpha value is -3.36. The van der Waals surface area contributed by atoms with Gasteiger partial charge in [-0.2, -0.15) is 0 Å². The molecular weight excluding hydrogens is 558 g/mol. The van der Waals surface area contributed by atoms with Crippen LogP contribution in [0, 0.1) is 13.8 Å². The van der Waals surface area contributed by atoms with E-state index >= 15 is 0 Å². The summed E-state index contributed by atoms with van der Waals surface area (Å²) in [5, 5.41) is 3.55. The van der Waals surface area contributed by atoms with Crippen molar-refractivity contribution in [3.63, 3.8) is 0 Å². The Kier molecular flexibility index (Phi) is 10.1. The molecule has 1 N–H and O–H groups in total. The number of amides is 2. The van der Waals surface area contributed by atoms with Gasteiger partial charge < -0.3 is 10.2 Å². The fourth-order valence-corrected chi connectivity index (χ4v) is 6.84. The minimum absolute atomic E-state index is 0.0210. The molecule has 9 heteroatoms. The lowest BCUT2D eigenvalue weighted by molar-refractivity contribution is -0.140. The third-order valence-electron chi connectivity index (χ3n) is 7.66. The molecule has 3 aromatic carbocycles. The van der Waals surface area contributed by atoms with Crippen molar-refractivity contribution >= 4 is 39.1 Å². The molecule has 2 amide bonds. The zero-order valence-corrected chi connectivity index (χ0v) is 25.4. The molecule has 0 spiro atoms. The lowest BCUT2D eigenvalue weighted by Crippen LogP contribution is -2.53. The predicted octanol–water partition coefficient (Wildman–Crippen LogP) is 6.02. The molecule has 0 heterocycles. The summed E-state index contributed by atoms with van der Waals surface area (Å²) in [4.78, 5) is 29.3. The van der Waals surface area contributed by atoms with E-state index in [2.05, 4.69) is 5.32 Å². The minimum atomic E-state index is -4.14. The molecule has 0 bridgehead atoms. The van der Waals surface area contributed by atoms with Gasteiger partial charge >= 0.3 is 0 Å². The van der Waals surface area contributed by atoms with E-state index in [0.29, 0.717) is 17.1 Å². The first-order chi connectivity index (χ1) is 19.6. The van der Waals surface area contributed by atoms with Gasteiger partial charge in [-0.05, 0) is 86.2 Å². The topological polar surface area (TPSA) is 86.8 Å². The van der Waals surface area contributed by atoms with Gasteiger partial charge in [0, 0.05) is 17.6 Å². The van der Waals surface area contributed by atoms with Crippen LogP contribution in [0.5, 0.6) is 0 Å². The Morgan fingerprint density at radius 1 is 0.976 bits per heavy atom. The molecule has 1 fully saturated rings. The zero-order chi connectivity index (χ0) is 29.6. The van der Waals surface area contributed by atoms with Crippen LogP contribution in [0.2, 0.25) is 5.02 Å². The highest BCUT2D eigenvalue weighted by molar-refractivity contribution is 7.92. The molecule has 0 aliphatic heterocycles. The molecule has 0 saturated heterocycles. The number of carbonyl (C=O) groups excluding carboxylic acids is 2. The Balaban J connectivity index is 1.72. The molecule has 1 atom stereocenters. The molecule has 4 rings (SSSR count). The Bertz CT molecular complexity index is 1470. The van der Waals surface area contributed by atoms with Gasteiger partial charge in [0.25, 0.3) is 10.0 Å². The SMILES string of the molecule is CC[C@@H](C(=O)NC1CCCC1)N(Cc1ccccc1C)C(=O)CN(c1cccc(C)c1)S(=O)(=O)c1ccc(Cl)cc1. The number of sulfonamides is 1. The highest BCUT2D eigenvalue weighted by atomic mass is 35.5. The van der Waals surface area contributed by atoms with E-state index in [9.17, 15) is 18.0 Å². The number of carbonyl (C=O) groups is 2. The van der Waals surface area contributed by atoms with E-state index in [1.165, 1.54) is 29.2 Å². The number of nitrogens with one attached hydrogen (secondary N) is 1. The largest absolute Gasteiger partial charge is 0.352 e. The maximum absolute atomic E-state index is 14.2. The molecule has 1 aliphatic rings. The average Bonchev–Trinajstić information content (AvgIpc) is 3.45. The first-order valence-corrected chi connectivity index (χ1v) is 15.9. The summed E-state index contributed by atoms with van der Waals surface area (Å²) in [5.74, 6) is -0.662. The number of benzene rings is 3. The second kappa shape index (κ2) is 13.5. The van der Waals surface area contributed by atoms with E-state index in [1.54, 1.807) is 18.2 Å². The predicted molar refractivity (Wildman–Crippen MR) is 163 cm³/mol. The Morgan fingerprint density at radius 3 is 2.29 bits per heavy atom. The molecule has 0 aromatic heterocycles. The van der Waals surface area contributed by atoms with Crippen molar-refractivity contribution in [2.75, 3.05) is 10.8 Å². The van der Waals surface area contributed by atoms with Gasteiger partial charge in [0.1, 0.15) is 12.6 Å². The minimum Gasteiger partial charge on any atom is -0.352 e. The van der Waals surface area contributed by atoms with Gasteiger partial charge in [-0.1, -0.05) is 67.8 Å². The first-order valence-electron chi connectivity index (χ1n) is 14.1. The van der Waals surface area contributed by atoms with Gasteiger partial charge in [0.15, 0.2) is 0 Å². The van der Waals surface area contributed by atoms with Crippen molar-refractivity contribution < 1.29 is 18.0 Å². The van der Waals surface area contributed by atoms with E-state index in [0.717, 1.165) is 46.7 Å². The van der Waals surface area contributed by atoms with Crippen LogP contribution in [0.25, 0.3) is 0 Å². The van der Waals surface area contributed by atoms with Crippen molar-refractivity contribution in [1.82, 2.24) is 10.2 Å². The molecule has 41 heavy (non-hydrogen) atoms. The van der Waals surface area contributed by atoms with Crippen LogP contribution in [-0.4, -0.2) is 43.8 Å². The van der Waals surface area contributed by atoms with Crippen LogP contribution in [0.1, 0.15) is 55.7 Å². The van der Waals surface area contributed by atoms with Crippen LogP contribution in [-0.2, 0) is 26.2 Å². The summed E-state index contributed by atoms with van der Waals surface area (Å²) in [5.41, 5.74) is 3.11. The number of hydrogen-bond acceptors (Lipinski definition) is 4. The molecule has 1 aliphatic carbocycles. The summed E-state index contributed by atoms with van der Waals surface area (Å²) < 4.78 is 29.0. The van der Waals surface area contributed by atoms with Crippen molar-refractivity contribution in [3.8, 4) is 0 Å². The summed E-state index contributed by atoms with van der Waals surface area (Å²) in [6, 6.07) is 20.0. The highest BCUT2D eigenvalue weighted by Crippen LogP contribution is 2.27. The zero-order valence-electron chi connectivity index (χ0n) is 23.8. The molecule has 0 unspecified atom stereocenters. The van der Waals surface area contributed by atoms with Crippen LogP contribution in [0.15, 0.2) is 77.7 Å². The van der Waals surface area contributed by atoms with Crippen molar-refractivity contribution in [2.24, 2.45) is 0 Å². The molecule has 7 nitrogen and oxygen atoms in total. The van der Waals surface area contributed by atoms with Crippen molar-refractivity contribution in [2.45, 2.75) is 76.4 Å². The second-order valence-corrected chi connectivity index (χ2v) is 13.0. The average molecular weight is 596 g/mol. The smallest absolute Gasteiger partial charge is 0.264 e. The third kappa shape index (κ3) is 7.49.